The van der Waals surface area contributed by atoms with Gasteiger partial charge in [0, 0.05) is 22.7 Å². The predicted molar refractivity (Wildman–Crippen MR) is 102 cm³/mol. The predicted octanol–water partition coefficient (Wildman–Crippen LogP) is 2.76. The van der Waals surface area contributed by atoms with Crippen molar-refractivity contribution in [2.75, 3.05) is 0 Å². The van der Waals surface area contributed by atoms with E-state index in [4.69, 9.17) is 0 Å². The molecule has 0 aliphatic carbocycles. The van der Waals surface area contributed by atoms with Gasteiger partial charge in [-0.3, -0.25) is 4.79 Å². The molecule has 29 heavy (non-hydrogen) atoms. The van der Waals surface area contributed by atoms with Gasteiger partial charge in [-0.25, -0.2) is 14.0 Å². The monoisotopic (exact) mass is 394 g/mol. The lowest BCUT2D eigenvalue weighted by Crippen LogP contribution is -2.41. The molecule has 2 heterocycles. The number of Topliss-reactive ketones (excluding diaryl/α,β-unsaturated/α-hetero) is 1. The molecule has 3 aromatic rings. The Bertz CT molecular complexity index is 1180. The summed E-state index contributed by atoms with van der Waals surface area (Å²) < 4.78 is 13.3. The van der Waals surface area contributed by atoms with E-state index in [-0.39, 0.29) is 22.4 Å². The van der Waals surface area contributed by atoms with E-state index in [2.05, 4.69) is 10.3 Å². The van der Waals surface area contributed by atoms with Crippen molar-refractivity contribution < 1.29 is 29.0 Å². The largest absolute Gasteiger partial charge is 0.480 e. The van der Waals surface area contributed by atoms with Crippen LogP contribution in [0.4, 0.5) is 4.39 Å². The molecule has 0 spiro atoms. The van der Waals surface area contributed by atoms with Crippen LogP contribution in [0.1, 0.15) is 27.5 Å². The molecule has 1 unspecified atom stereocenters. The van der Waals surface area contributed by atoms with Crippen molar-refractivity contribution in [2.45, 2.75) is 12.0 Å². The van der Waals surface area contributed by atoms with Crippen molar-refractivity contribution in [3.05, 3.63) is 77.4 Å². The van der Waals surface area contributed by atoms with Crippen LogP contribution in [0.15, 0.2) is 54.7 Å². The maximum atomic E-state index is 13.3. The summed E-state index contributed by atoms with van der Waals surface area (Å²) in [7, 11) is 0. The SMILES string of the molecule is O=C(O)C1=CN[C@H](C(=O)O)C(C(=O)c2ccc(F)cc2)c2c1[nH]c1ccccc21. The number of rotatable bonds is 4. The first-order valence-corrected chi connectivity index (χ1v) is 8.71. The number of aromatic amines is 1. The van der Waals surface area contributed by atoms with Crippen LogP contribution in [-0.2, 0) is 9.59 Å². The van der Waals surface area contributed by atoms with Crippen molar-refractivity contribution in [2.24, 2.45) is 0 Å². The van der Waals surface area contributed by atoms with Crippen LogP contribution in [-0.4, -0.2) is 39.0 Å². The summed E-state index contributed by atoms with van der Waals surface area (Å²) in [6, 6.07) is 10.2. The summed E-state index contributed by atoms with van der Waals surface area (Å²) in [6.07, 6.45) is 1.09. The molecule has 8 heteroatoms. The lowest BCUT2D eigenvalue weighted by molar-refractivity contribution is -0.139. The Kier molecular flexibility index (Phi) is 4.38. The van der Waals surface area contributed by atoms with Crippen LogP contribution in [0.2, 0.25) is 0 Å². The molecule has 1 aromatic heterocycles. The smallest absolute Gasteiger partial charge is 0.339 e. The van der Waals surface area contributed by atoms with Crippen molar-refractivity contribution in [3.8, 4) is 0 Å². The third kappa shape index (κ3) is 3.04. The molecule has 0 bridgehead atoms. The van der Waals surface area contributed by atoms with E-state index in [0.29, 0.717) is 10.9 Å². The highest BCUT2D eigenvalue weighted by atomic mass is 19.1. The molecule has 1 aliphatic rings. The number of benzene rings is 2. The number of carbonyl (C=O) groups excluding carboxylic acids is 1. The number of fused-ring (bicyclic) bond motifs is 3. The van der Waals surface area contributed by atoms with Crippen molar-refractivity contribution >= 4 is 34.2 Å². The number of para-hydroxylation sites is 1. The Labute approximate surface area is 163 Å². The average Bonchev–Trinajstić information content (AvgIpc) is 2.96. The summed E-state index contributed by atoms with van der Waals surface area (Å²) in [5.41, 5.74) is 0.959. The maximum absolute atomic E-state index is 13.3. The Morgan fingerprint density at radius 2 is 1.66 bits per heavy atom. The highest BCUT2D eigenvalue weighted by Crippen LogP contribution is 2.38. The molecule has 4 rings (SSSR count). The number of hydrogen-bond acceptors (Lipinski definition) is 4. The first kappa shape index (κ1) is 18.4. The summed E-state index contributed by atoms with van der Waals surface area (Å²) in [5, 5.41) is 22.5. The number of carboxylic acid groups (broad SMARTS) is 2. The molecule has 2 atom stereocenters. The Morgan fingerprint density at radius 1 is 0.966 bits per heavy atom. The zero-order chi connectivity index (χ0) is 20.7. The standard InChI is InChI=1S/C21H15FN2O5/c22-11-7-5-10(6-8-11)19(25)16-15-12-3-1-2-4-14(12)24-17(15)13(20(26)27)9-23-18(16)21(28)29/h1-9,16,18,23-24H,(H,26,27)(H,28,29)/t16?,18-/m0/s1. The molecule has 0 radical (unpaired) electrons. The number of ketones is 1. The van der Waals surface area contributed by atoms with Crippen molar-refractivity contribution in [1.82, 2.24) is 10.3 Å². The van der Waals surface area contributed by atoms with Crippen LogP contribution >= 0.6 is 0 Å². The maximum Gasteiger partial charge on any atom is 0.339 e. The van der Waals surface area contributed by atoms with E-state index in [9.17, 15) is 29.0 Å². The van der Waals surface area contributed by atoms with Gasteiger partial charge in [-0.05, 0) is 35.9 Å². The number of hydrogen-bond donors (Lipinski definition) is 4. The molecule has 0 amide bonds. The molecular formula is C21H15FN2O5. The third-order valence-electron chi connectivity index (χ3n) is 4.97. The van der Waals surface area contributed by atoms with Gasteiger partial charge >= 0.3 is 11.9 Å². The van der Waals surface area contributed by atoms with Crippen LogP contribution in [0, 0.1) is 5.82 Å². The molecule has 4 N–H and O–H groups in total. The fourth-order valence-electron chi connectivity index (χ4n) is 3.67. The van der Waals surface area contributed by atoms with Crippen molar-refractivity contribution in [1.29, 1.82) is 0 Å². The molecule has 2 aromatic carbocycles. The number of carboxylic acids is 2. The van der Waals surface area contributed by atoms with Gasteiger partial charge in [-0.2, -0.15) is 0 Å². The fraction of sp³-hybridized carbons (Fsp3) is 0.0952. The number of aliphatic carboxylic acids is 2. The average molecular weight is 394 g/mol. The van der Waals surface area contributed by atoms with Gasteiger partial charge in [-0.15, -0.1) is 0 Å². The van der Waals surface area contributed by atoms with Gasteiger partial charge in [0.1, 0.15) is 11.9 Å². The minimum atomic E-state index is -1.41. The first-order valence-electron chi connectivity index (χ1n) is 8.71. The normalized spacial score (nSPS) is 18.3. The fourth-order valence-corrected chi connectivity index (χ4v) is 3.67. The topological polar surface area (TPSA) is 119 Å². The number of carbonyl (C=O) groups is 3. The van der Waals surface area contributed by atoms with E-state index in [1.165, 1.54) is 12.1 Å². The molecular weight excluding hydrogens is 379 g/mol. The van der Waals surface area contributed by atoms with E-state index in [1.54, 1.807) is 24.3 Å². The number of nitrogens with one attached hydrogen (secondary N) is 2. The second kappa shape index (κ2) is 6.90. The van der Waals surface area contributed by atoms with Gasteiger partial charge in [-0.1, -0.05) is 18.2 Å². The first-order chi connectivity index (χ1) is 13.9. The van der Waals surface area contributed by atoms with Crippen LogP contribution in [0.3, 0.4) is 0 Å². The van der Waals surface area contributed by atoms with E-state index >= 15 is 0 Å². The highest BCUT2D eigenvalue weighted by Gasteiger charge is 2.41. The Hall–Kier alpha value is -3.94. The number of H-pyrrole nitrogens is 1. The van der Waals surface area contributed by atoms with Gasteiger partial charge in [0.2, 0.25) is 0 Å². The minimum Gasteiger partial charge on any atom is -0.480 e. The molecule has 0 saturated carbocycles. The zero-order valence-electron chi connectivity index (χ0n) is 14.8. The quantitative estimate of drug-likeness (QED) is 0.505. The van der Waals surface area contributed by atoms with Gasteiger partial charge in [0.25, 0.3) is 0 Å². The summed E-state index contributed by atoms with van der Waals surface area (Å²) in [6.45, 7) is 0. The van der Waals surface area contributed by atoms with E-state index in [1.807, 2.05) is 0 Å². The molecule has 0 saturated heterocycles. The molecule has 0 fully saturated rings. The van der Waals surface area contributed by atoms with Gasteiger partial charge < -0.3 is 20.5 Å². The third-order valence-corrected chi connectivity index (χ3v) is 4.97. The minimum absolute atomic E-state index is 0.124. The second-order valence-electron chi connectivity index (χ2n) is 6.65. The lowest BCUT2D eigenvalue weighted by atomic mass is 9.83. The van der Waals surface area contributed by atoms with Crippen LogP contribution in [0.5, 0.6) is 0 Å². The molecule has 146 valence electrons. The Morgan fingerprint density at radius 3 is 2.31 bits per heavy atom. The van der Waals surface area contributed by atoms with Crippen molar-refractivity contribution in [3.63, 3.8) is 0 Å². The van der Waals surface area contributed by atoms with Crippen LogP contribution in [0.25, 0.3) is 16.5 Å². The summed E-state index contributed by atoms with van der Waals surface area (Å²) in [5.74, 6) is -4.92. The van der Waals surface area contributed by atoms with E-state index in [0.717, 1.165) is 18.3 Å². The highest BCUT2D eigenvalue weighted by molar-refractivity contribution is 6.18. The second-order valence-corrected chi connectivity index (χ2v) is 6.65. The zero-order valence-corrected chi connectivity index (χ0v) is 14.8. The Balaban J connectivity index is 2.00. The lowest BCUT2D eigenvalue weighted by Gasteiger charge is -2.22. The molecule has 1 aliphatic heterocycles. The van der Waals surface area contributed by atoms with E-state index < -0.39 is 35.5 Å². The summed E-state index contributed by atoms with van der Waals surface area (Å²) >= 11 is 0. The number of halogens is 1. The summed E-state index contributed by atoms with van der Waals surface area (Å²) in [4.78, 5) is 40.1. The van der Waals surface area contributed by atoms with Crippen LogP contribution < -0.4 is 5.32 Å². The van der Waals surface area contributed by atoms with Gasteiger partial charge in [0.15, 0.2) is 5.78 Å². The number of aromatic nitrogens is 1. The molecule has 7 nitrogen and oxygen atoms in total. The van der Waals surface area contributed by atoms with Gasteiger partial charge in [0.05, 0.1) is 17.2 Å².